The number of carbonyl (C=O) groups excluding carboxylic acids is 2. The van der Waals surface area contributed by atoms with Crippen LogP contribution >= 0.6 is 22.7 Å². The van der Waals surface area contributed by atoms with Gasteiger partial charge in [0.1, 0.15) is 5.54 Å². The lowest BCUT2D eigenvalue weighted by molar-refractivity contribution is -0.148. The van der Waals surface area contributed by atoms with Crippen LogP contribution in [0.3, 0.4) is 0 Å². The van der Waals surface area contributed by atoms with E-state index in [1.807, 2.05) is 60.1 Å². The second-order valence-electron chi connectivity index (χ2n) is 11.6. The van der Waals surface area contributed by atoms with Crippen LogP contribution in [0.4, 0.5) is 0 Å². The molecule has 7 heteroatoms. The van der Waals surface area contributed by atoms with E-state index in [0.29, 0.717) is 10.4 Å². The van der Waals surface area contributed by atoms with Crippen LogP contribution in [0.5, 0.6) is 0 Å². The molecule has 2 aromatic carbocycles. The van der Waals surface area contributed by atoms with E-state index in [2.05, 4.69) is 20.8 Å². The van der Waals surface area contributed by atoms with Gasteiger partial charge in [-0.1, -0.05) is 69.3 Å². The summed E-state index contributed by atoms with van der Waals surface area (Å²) in [5, 5.41) is 14.8. The maximum absolute atomic E-state index is 14.4. The molecule has 0 bridgehead atoms. The van der Waals surface area contributed by atoms with E-state index < -0.39 is 35.3 Å². The Hall–Kier alpha value is -3.55. The van der Waals surface area contributed by atoms with Crippen LogP contribution in [0.2, 0.25) is 0 Å². The molecule has 1 aliphatic heterocycles. The number of rotatable bonds is 6. The standard InChI is InChI=1S/C33H33NO4S2/c1-20-17-19-40-29(20)27-25(28(35)24-12-9-18-39-24)26(21-13-15-23(16-14-21)32(2,3)4)33(5,31(37)38)34(27)30(36)22-10-7-6-8-11-22/h6-19,25-27H,1-5H3,(H,37,38). The summed E-state index contributed by atoms with van der Waals surface area (Å²) in [7, 11) is 0. The molecule has 40 heavy (non-hydrogen) atoms. The quantitative estimate of drug-likeness (QED) is 0.240. The first-order valence-corrected chi connectivity index (χ1v) is 15.1. The molecule has 0 radical (unpaired) electrons. The summed E-state index contributed by atoms with van der Waals surface area (Å²) >= 11 is 2.80. The first-order valence-electron chi connectivity index (χ1n) is 13.3. The number of hydrogen-bond donors (Lipinski definition) is 1. The first kappa shape index (κ1) is 28.0. The van der Waals surface area contributed by atoms with Gasteiger partial charge in [-0.3, -0.25) is 9.59 Å². The van der Waals surface area contributed by atoms with Crippen LogP contribution < -0.4 is 0 Å². The van der Waals surface area contributed by atoms with E-state index in [0.717, 1.165) is 21.6 Å². The molecule has 1 amide bonds. The fourth-order valence-electron chi connectivity index (χ4n) is 5.99. The third-order valence-corrected chi connectivity index (χ3v) is 10.1. The average molecular weight is 572 g/mol. The summed E-state index contributed by atoms with van der Waals surface area (Å²) < 4.78 is 0. The predicted molar refractivity (Wildman–Crippen MR) is 160 cm³/mol. The fourth-order valence-corrected chi connectivity index (χ4v) is 7.77. The van der Waals surface area contributed by atoms with Crippen molar-refractivity contribution in [3.63, 3.8) is 0 Å². The van der Waals surface area contributed by atoms with E-state index in [1.165, 1.54) is 27.6 Å². The number of Topliss-reactive ketones (excluding diaryl/α,β-unsaturated/α-hetero) is 1. The van der Waals surface area contributed by atoms with Gasteiger partial charge in [0, 0.05) is 16.4 Å². The molecular formula is C33H33NO4S2. The van der Waals surface area contributed by atoms with Gasteiger partial charge < -0.3 is 10.0 Å². The zero-order chi connectivity index (χ0) is 28.8. The number of carboxylic acids is 1. The molecule has 5 nitrogen and oxygen atoms in total. The van der Waals surface area contributed by atoms with Crippen LogP contribution in [0.25, 0.3) is 0 Å². The second kappa shape index (κ2) is 10.5. The van der Waals surface area contributed by atoms with Crippen molar-refractivity contribution in [2.24, 2.45) is 5.92 Å². The molecule has 1 N–H and O–H groups in total. The van der Waals surface area contributed by atoms with Gasteiger partial charge in [0.2, 0.25) is 0 Å². The predicted octanol–water partition coefficient (Wildman–Crippen LogP) is 7.74. The van der Waals surface area contributed by atoms with Crippen molar-refractivity contribution < 1.29 is 19.5 Å². The Bertz CT molecular complexity index is 1530. The van der Waals surface area contributed by atoms with Crippen LogP contribution in [0.1, 0.15) is 81.3 Å². The number of aryl methyl sites for hydroxylation is 1. The number of hydrogen-bond acceptors (Lipinski definition) is 5. The number of carbonyl (C=O) groups is 3. The number of thiophene rings is 2. The minimum Gasteiger partial charge on any atom is -0.479 e. The highest BCUT2D eigenvalue weighted by Crippen LogP contribution is 2.58. The highest BCUT2D eigenvalue weighted by Gasteiger charge is 2.65. The minimum absolute atomic E-state index is 0.0948. The molecule has 206 valence electrons. The third kappa shape index (κ3) is 4.61. The molecule has 4 atom stereocenters. The Kier molecular flexibility index (Phi) is 7.31. The van der Waals surface area contributed by atoms with Crippen molar-refractivity contribution in [2.45, 2.75) is 57.5 Å². The zero-order valence-electron chi connectivity index (χ0n) is 23.3. The van der Waals surface area contributed by atoms with E-state index in [9.17, 15) is 19.5 Å². The van der Waals surface area contributed by atoms with Crippen LogP contribution in [0.15, 0.2) is 83.6 Å². The fraction of sp³-hybridized carbons (Fsp3) is 0.303. The van der Waals surface area contributed by atoms with Crippen LogP contribution in [-0.4, -0.2) is 33.2 Å². The summed E-state index contributed by atoms with van der Waals surface area (Å²) in [6.45, 7) is 9.93. The van der Waals surface area contributed by atoms with Gasteiger partial charge in [-0.25, -0.2) is 4.79 Å². The molecule has 1 fully saturated rings. The van der Waals surface area contributed by atoms with Crippen molar-refractivity contribution in [3.8, 4) is 0 Å². The molecule has 1 saturated heterocycles. The minimum atomic E-state index is -1.70. The van der Waals surface area contributed by atoms with Gasteiger partial charge >= 0.3 is 5.97 Å². The van der Waals surface area contributed by atoms with Crippen LogP contribution in [0, 0.1) is 12.8 Å². The Morgan fingerprint density at radius 1 is 0.875 bits per heavy atom. The summed E-state index contributed by atoms with van der Waals surface area (Å²) in [5.74, 6) is -3.27. The van der Waals surface area contributed by atoms with Crippen molar-refractivity contribution in [1.29, 1.82) is 0 Å². The summed E-state index contributed by atoms with van der Waals surface area (Å²) in [5.41, 5.74) is 1.37. The number of nitrogens with zero attached hydrogens (tertiary/aromatic N) is 1. The van der Waals surface area contributed by atoms with E-state index >= 15 is 0 Å². The molecule has 4 unspecified atom stereocenters. The SMILES string of the molecule is Cc1ccsc1C1C(C(=O)c2cccs2)C(c2ccc(C(C)(C)C)cc2)C(C)(C(=O)O)N1C(=O)c1ccccc1. The maximum Gasteiger partial charge on any atom is 0.330 e. The van der Waals surface area contributed by atoms with Gasteiger partial charge in [0.25, 0.3) is 5.91 Å². The van der Waals surface area contributed by atoms with E-state index in [4.69, 9.17) is 0 Å². The monoisotopic (exact) mass is 571 g/mol. The Morgan fingerprint density at radius 3 is 2.08 bits per heavy atom. The van der Waals surface area contributed by atoms with Crippen molar-refractivity contribution in [1.82, 2.24) is 4.90 Å². The van der Waals surface area contributed by atoms with E-state index in [-0.39, 0.29) is 11.2 Å². The number of aliphatic carboxylic acids is 1. The second-order valence-corrected chi connectivity index (χ2v) is 13.5. The number of benzene rings is 2. The Labute approximate surface area is 243 Å². The molecule has 4 aromatic rings. The molecular weight excluding hydrogens is 539 g/mol. The molecule has 3 heterocycles. The third-order valence-electron chi connectivity index (χ3n) is 8.13. The average Bonchev–Trinajstić information content (AvgIpc) is 3.67. The van der Waals surface area contributed by atoms with Crippen molar-refractivity contribution in [2.75, 3.05) is 0 Å². The molecule has 0 spiro atoms. The van der Waals surface area contributed by atoms with Gasteiger partial charge in [0.05, 0.1) is 16.8 Å². The van der Waals surface area contributed by atoms with Gasteiger partial charge in [-0.2, -0.15) is 0 Å². The van der Waals surface area contributed by atoms with Gasteiger partial charge in [0.15, 0.2) is 5.78 Å². The van der Waals surface area contributed by atoms with Crippen molar-refractivity contribution in [3.05, 3.63) is 116 Å². The van der Waals surface area contributed by atoms with Crippen LogP contribution in [-0.2, 0) is 10.2 Å². The number of ketones is 1. The summed E-state index contributed by atoms with van der Waals surface area (Å²) in [6, 6.07) is 21.5. The van der Waals surface area contributed by atoms with Crippen molar-refractivity contribution >= 4 is 40.3 Å². The molecule has 2 aromatic heterocycles. The first-order chi connectivity index (χ1) is 19.0. The molecule has 0 aliphatic carbocycles. The largest absolute Gasteiger partial charge is 0.479 e. The zero-order valence-corrected chi connectivity index (χ0v) is 24.9. The normalized spacial score (nSPS) is 22.8. The molecule has 5 rings (SSSR count). The van der Waals surface area contributed by atoms with Gasteiger partial charge in [-0.05, 0) is 71.0 Å². The summed E-state index contributed by atoms with van der Waals surface area (Å²) in [6.07, 6.45) is 0. The maximum atomic E-state index is 14.4. The highest BCUT2D eigenvalue weighted by atomic mass is 32.1. The lowest BCUT2D eigenvalue weighted by atomic mass is 9.72. The molecule has 0 saturated carbocycles. The van der Waals surface area contributed by atoms with E-state index in [1.54, 1.807) is 37.3 Å². The topological polar surface area (TPSA) is 74.7 Å². The Balaban J connectivity index is 1.80. The summed E-state index contributed by atoms with van der Waals surface area (Å²) in [4.78, 5) is 45.1. The smallest absolute Gasteiger partial charge is 0.330 e. The lowest BCUT2D eigenvalue weighted by Gasteiger charge is -2.38. The number of amides is 1. The highest BCUT2D eigenvalue weighted by molar-refractivity contribution is 7.12. The molecule has 1 aliphatic rings. The lowest BCUT2D eigenvalue weighted by Crippen LogP contribution is -2.54. The number of likely N-dealkylation sites (tertiary alicyclic amines) is 1. The number of carboxylic acid groups (broad SMARTS) is 1. The van der Waals surface area contributed by atoms with Gasteiger partial charge in [-0.15, -0.1) is 22.7 Å². The Morgan fingerprint density at radius 2 is 1.55 bits per heavy atom.